The van der Waals surface area contributed by atoms with Gasteiger partial charge in [0.1, 0.15) is 0 Å². The topological polar surface area (TPSA) is 42.4 Å². The second-order valence-electron chi connectivity index (χ2n) is 5.64. The summed E-state index contributed by atoms with van der Waals surface area (Å²) in [6.45, 7) is 0. The molecule has 0 amide bonds. The van der Waals surface area contributed by atoms with Crippen LogP contribution in [0.1, 0.15) is 48.0 Å². The second-order valence-corrected chi connectivity index (χ2v) is 5.64. The van der Waals surface area contributed by atoms with Crippen LogP contribution in [0.3, 0.4) is 0 Å². The fourth-order valence-corrected chi connectivity index (χ4v) is 3.32. The Balaban J connectivity index is 1.81. The molecule has 2 atom stereocenters. The van der Waals surface area contributed by atoms with Crippen molar-refractivity contribution in [2.24, 2.45) is 0 Å². The van der Waals surface area contributed by atoms with Gasteiger partial charge in [-0.1, -0.05) is 24.3 Å². The lowest BCUT2D eigenvalue weighted by atomic mass is 9.79. The molecule has 0 radical (unpaired) electrons. The molecule has 3 nitrogen and oxygen atoms in total. The summed E-state index contributed by atoms with van der Waals surface area (Å²) >= 11 is 0. The third-order valence-electron chi connectivity index (χ3n) is 4.35. The van der Waals surface area contributed by atoms with Crippen molar-refractivity contribution in [1.29, 1.82) is 0 Å². The van der Waals surface area contributed by atoms with E-state index in [0.717, 1.165) is 24.8 Å². The van der Waals surface area contributed by atoms with Gasteiger partial charge in [-0.15, -0.1) is 0 Å². The van der Waals surface area contributed by atoms with E-state index in [1.807, 2.05) is 12.1 Å². The molecule has 1 aromatic heterocycles. The number of rotatable bonds is 4. The Morgan fingerprint density at radius 3 is 3.00 bits per heavy atom. The minimum absolute atomic E-state index is 0.412. The number of aryl methyl sites for hydroxylation is 1. The fraction of sp³-hybridized carbons (Fsp3) is 0.389. The maximum Gasteiger partial charge on any atom is 0.218 e. The molecule has 1 aliphatic rings. The zero-order valence-electron chi connectivity index (χ0n) is 12.3. The monoisotopic (exact) mass is 283 g/mol. The van der Waals surface area contributed by atoms with Crippen LogP contribution in [-0.2, 0) is 6.42 Å². The zero-order valence-corrected chi connectivity index (χ0v) is 12.3. The van der Waals surface area contributed by atoms with E-state index in [0.29, 0.717) is 11.8 Å². The number of ether oxygens (including phenoxy) is 1. The Labute approximate surface area is 125 Å². The molecule has 1 heterocycles. The number of pyridine rings is 1. The molecule has 1 aromatic carbocycles. The number of methoxy groups -OCH3 is 1. The van der Waals surface area contributed by atoms with Crippen molar-refractivity contribution in [3.05, 3.63) is 59.3 Å². The van der Waals surface area contributed by atoms with Crippen LogP contribution in [0.25, 0.3) is 0 Å². The molecule has 21 heavy (non-hydrogen) atoms. The van der Waals surface area contributed by atoms with Crippen LogP contribution >= 0.6 is 0 Å². The van der Waals surface area contributed by atoms with E-state index in [9.17, 15) is 5.11 Å². The normalized spacial score (nSPS) is 18.9. The first-order valence-electron chi connectivity index (χ1n) is 7.54. The van der Waals surface area contributed by atoms with Gasteiger partial charge in [-0.2, -0.15) is 0 Å². The largest absolute Gasteiger partial charge is 0.481 e. The van der Waals surface area contributed by atoms with E-state index >= 15 is 0 Å². The highest BCUT2D eigenvalue weighted by atomic mass is 16.5. The van der Waals surface area contributed by atoms with Crippen molar-refractivity contribution in [3.63, 3.8) is 0 Å². The number of benzene rings is 1. The Morgan fingerprint density at radius 2 is 2.14 bits per heavy atom. The Bertz CT molecular complexity index is 612. The Morgan fingerprint density at radius 1 is 1.29 bits per heavy atom. The van der Waals surface area contributed by atoms with Crippen molar-refractivity contribution in [2.45, 2.75) is 37.7 Å². The summed E-state index contributed by atoms with van der Waals surface area (Å²) in [4.78, 5) is 4.17. The van der Waals surface area contributed by atoms with Crippen LogP contribution < -0.4 is 4.74 Å². The van der Waals surface area contributed by atoms with Crippen molar-refractivity contribution >= 4 is 0 Å². The third kappa shape index (κ3) is 2.93. The number of nitrogens with zero attached hydrogens (tertiary/aromatic N) is 1. The molecule has 0 aliphatic heterocycles. The van der Waals surface area contributed by atoms with E-state index in [-0.39, 0.29) is 0 Å². The molecular weight excluding hydrogens is 262 g/mol. The van der Waals surface area contributed by atoms with E-state index < -0.39 is 6.10 Å². The summed E-state index contributed by atoms with van der Waals surface area (Å²) in [7, 11) is 1.59. The minimum Gasteiger partial charge on any atom is -0.481 e. The van der Waals surface area contributed by atoms with E-state index in [1.165, 1.54) is 17.5 Å². The van der Waals surface area contributed by atoms with Gasteiger partial charge in [0.05, 0.1) is 13.2 Å². The molecule has 0 bridgehead atoms. The van der Waals surface area contributed by atoms with Gasteiger partial charge in [0, 0.05) is 11.8 Å². The molecule has 0 saturated heterocycles. The van der Waals surface area contributed by atoms with Gasteiger partial charge in [0.25, 0.3) is 0 Å². The molecule has 3 rings (SSSR count). The van der Waals surface area contributed by atoms with Crippen LogP contribution in [-0.4, -0.2) is 17.2 Å². The minimum atomic E-state index is -0.537. The third-order valence-corrected chi connectivity index (χ3v) is 4.35. The van der Waals surface area contributed by atoms with Gasteiger partial charge in [-0.25, -0.2) is 4.98 Å². The molecule has 0 fully saturated rings. The molecule has 2 unspecified atom stereocenters. The van der Waals surface area contributed by atoms with Gasteiger partial charge >= 0.3 is 0 Å². The maximum atomic E-state index is 10.6. The maximum absolute atomic E-state index is 10.6. The summed E-state index contributed by atoms with van der Waals surface area (Å²) < 4.78 is 5.25. The number of hydrogen-bond acceptors (Lipinski definition) is 3. The quantitative estimate of drug-likeness (QED) is 0.931. The molecule has 110 valence electrons. The fourth-order valence-electron chi connectivity index (χ4n) is 3.32. The predicted molar refractivity (Wildman–Crippen MR) is 82.5 cm³/mol. The van der Waals surface area contributed by atoms with Gasteiger partial charge in [-0.05, 0) is 54.9 Å². The highest BCUT2D eigenvalue weighted by Gasteiger charge is 2.24. The van der Waals surface area contributed by atoms with Crippen molar-refractivity contribution in [1.82, 2.24) is 4.98 Å². The first-order valence-corrected chi connectivity index (χ1v) is 7.54. The Kier molecular flexibility index (Phi) is 4.20. The molecular formula is C18H21NO2. The lowest BCUT2D eigenvalue weighted by Gasteiger charge is -2.27. The number of aromatic nitrogens is 1. The lowest BCUT2D eigenvalue weighted by molar-refractivity contribution is 0.149. The van der Waals surface area contributed by atoms with Gasteiger partial charge in [0.2, 0.25) is 5.88 Å². The number of hydrogen-bond donors (Lipinski definition) is 1. The highest BCUT2D eigenvalue weighted by molar-refractivity contribution is 5.34. The predicted octanol–water partition coefficient (Wildman–Crippen LogP) is 3.63. The summed E-state index contributed by atoms with van der Waals surface area (Å²) in [5.41, 5.74) is 3.60. The summed E-state index contributed by atoms with van der Waals surface area (Å²) in [5.74, 6) is 0.934. The average molecular weight is 283 g/mol. The van der Waals surface area contributed by atoms with E-state index in [2.05, 4.69) is 29.2 Å². The number of aliphatic hydroxyl groups is 1. The molecule has 0 saturated carbocycles. The van der Waals surface area contributed by atoms with Crippen LogP contribution in [0.2, 0.25) is 0 Å². The van der Waals surface area contributed by atoms with Gasteiger partial charge < -0.3 is 9.84 Å². The van der Waals surface area contributed by atoms with E-state index in [4.69, 9.17) is 4.74 Å². The summed E-state index contributed by atoms with van der Waals surface area (Å²) in [5, 5.41) is 10.6. The van der Waals surface area contributed by atoms with Gasteiger partial charge in [0.15, 0.2) is 0 Å². The van der Waals surface area contributed by atoms with Crippen LogP contribution in [0, 0.1) is 0 Å². The van der Waals surface area contributed by atoms with Crippen molar-refractivity contribution in [3.8, 4) is 5.88 Å². The average Bonchev–Trinajstić information content (AvgIpc) is 2.55. The summed E-state index contributed by atoms with van der Waals surface area (Å²) in [6.07, 6.45) is 5.35. The lowest BCUT2D eigenvalue weighted by Crippen LogP contribution is -2.13. The molecule has 0 spiro atoms. The number of aliphatic hydroxyl groups excluding tert-OH is 1. The van der Waals surface area contributed by atoms with Gasteiger partial charge in [-0.3, -0.25) is 0 Å². The SMILES string of the molecule is COc1ncccc1C(O)CC1CCCc2ccccc21. The van der Waals surface area contributed by atoms with Crippen LogP contribution in [0.15, 0.2) is 42.6 Å². The van der Waals surface area contributed by atoms with Crippen molar-refractivity contribution in [2.75, 3.05) is 7.11 Å². The first-order chi connectivity index (χ1) is 10.3. The summed E-state index contributed by atoms with van der Waals surface area (Å²) in [6, 6.07) is 12.3. The van der Waals surface area contributed by atoms with E-state index in [1.54, 1.807) is 13.3 Å². The van der Waals surface area contributed by atoms with Crippen LogP contribution in [0.5, 0.6) is 5.88 Å². The standard InChI is InChI=1S/C18H21NO2/c1-21-18-16(10-5-11-19-18)17(20)12-14-8-4-7-13-6-2-3-9-15(13)14/h2-3,5-6,9-11,14,17,20H,4,7-8,12H2,1H3. The number of fused-ring (bicyclic) bond motifs is 1. The smallest absolute Gasteiger partial charge is 0.218 e. The first kappa shape index (κ1) is 14.1. The zero-order chi connectivity index (χ0) is 14.7. The Hall–Kier alpha value is -1.87. The highest BCUT2D eigenvalue weighted by Crippen LogP contribution is 2.38. The van der Waals surface area contributed by atoms with Crippen LogP contribution in [0.4, 0.5) is 0 Å². The van der Waals surface area contributed by atoms with Crippen molar-refractivity contribution < 1.29 is 9.84 Å². The second kappa shape index (κ2) is 6.27. The molecule has 2 aromatic rings. The molecule has 1 N–H and O–H groups in total. The molecule has 1 aliphatic carbocycles. The molecule has 3 heteroatoms.